The number of carbonyl (C=O) groups excluding carboxylic acids is 1. The summed E-state index contributed by atoms with van der Waals surface area (Å²) < 4.78 is 0. The lowest BCUT2D eigenvalue weighted by Gasteiger charge is -2.26. The van der Waals surface area contributed by atoms with Gasteiger partial charge in [-0.2, -0.15) is 0 Å². The van der Waals surface area contributed by atoms with Gasteiger partial charge in [-0.25, -0.2) is 0 Å². The number of hydrogen-bond donors (Lipinski definition) is 2. The maximum Gasteiger partial charge on any atom is 0.223 e. The maximum absolute atomic E-state index is 12.0. The molecule has 102 valence electrons. The van der Waals surface area contributed by atoms with E-state index in [0.717, 1.165) is 24.8 Å². The summed E-state index contributed by atoms with van der Waals surface area (Å²) in [4.78, 5) is 12.0. The van der Waals surface area contributed by atoms with Gasteiger partial charge in [0.2, 0.25) is 5.91 Å². The van der Waals surface area contributed by atoms with Gasteiger partial charge in [-0.05, 0) is 31.7 Å². The Labute approximate surface area is 114 Å². The molecule has 19 heavy (non-hydrogen) atoms. The average molecular weight is 259 g/mol. The highest BCUT2D eigenvalue weighted by atomic mass is 16.3. The third-order valence-electron chi connectivity index (χ3n) is 3.64. The zero-order chi connectivity index (χ0) is 13.7. The number of carbonyl (C=O) groups is 1. The Morgan fingerprint density at radius 1 is 1.37 bits per heavy atom. The minimum Gasteiger partial charge on any atom is -0.384 e. The highest BCUT2D eigenvalue weighted by Crippen LogP contribution is 2.21. The molecule has 0 bridgehead atoms. The summed E-state index contributed by atoms with van der Waals surface area (Å²) in [5.41, 5.74) is -0.208. The first-order valence-corrected chi connectivity index (χ1v) is 6.80. The summed E-state index contributed by atoms with van der Waals surface area (Å²) >= 11 is 0. The number of amides is 1. The van der Waals surface area contributed by atoms with Crippen LogP contribution in [0.1, 0.15) is 31.7 Å². The van der Waals surface area contributed by atoms with Crippen molar-refractivity contribution in [2.24, 2.45) is 5.92 Å². The lowest BCUT2D eigenvalue weighted by Crippen LogP contribution is -2.41. The van der Waals surface area contributed by atoms with E-state index in [1.165, 1.54) is 0 Å². The molecule has 0 aromatic heterocycles. The van der Waals surface area contributed by atoms with Gasteiger partial charge < -0.3 is 10.4 Å². The van der Waals surface area contributed by atoms with Crippen molar-refractivity contribution < 1.29 is 9.90 Å². The third-order valence-corrected chi connectivity index (χ3v) is 3.64. The van der Waals surface area contributed by atoms with Gasteiger partial charge in [-0.3, -0.25) is 4.79 Å². The summed E-state index contributed by atoms with van der Waals surface area (Å²) in [5, 5.41) is 13.3. The molecule has 2 N–H and O–H groups in total. The summed E-state index contributed by atoms with van der Waals surface area (Å²) in [6, 6.07) is 9.42. The van der Waals surface area contributed by atoms with Gasteiger partial charge in [0.05, 0.1) is 6.54 Å². The highest BCUT2D eigenvalue weighted by Gasteiger charge is 2.25. The van der Waals surface area contributed by atoms with E-state index in [1.807, 2.05) is 30.3 Å². The molecule has 0 heterocycles. The van der Waals surface area contributed by atoms with Crippen molar-refractivity contribution >= 4 is 5.91 Å². The molecule has 1 aromatic rings. The fraction of sp³-hybridized carbons (Fsp3) is 0.438. The quantitative estimate of drug-likeness (QED) is 0.816. The number of hydrogen-bond acceptors (Lipinski definition) is 2. The maximum atomic E-state index is 12.0. The first-order chi connectivity index (χ1) is 9.09. The fourth-order valence-electron chi connectivity index (χ4n) is 2.33. The second kappa shape index (κ2) is 6.02. The normalized spacial score (nSPS) is 21.7. The fourth-order valence-corrected chi connectivity index (χ4v) is 2.33. The van der Waals surface area contributed by atoms with Crippen LogP contribution in [0, 0.1) is 5.92 Å². The SMILES string of the molecule is CC(O)(CNC(=O)C1CC=CCC1)c1ccccc1. The Balaban J connectivity index is 1.90. The number of aliphatic hydroxyl groups is 1. The zero-order valence-electron chi connectivity index (χ0n) is 11.3. The number of nitrogens with one attached hydrogen (secondary N) is 1. The van der Waals surface area contributed by atoms with Crippen LogP contribution in [-0.2, 0) is 10.4 Å². The Bertz CT molecular complexity index is 451. The minimum atomic E-state index is -1.03. The third kappa shape index (κ3) is 3.67. The molecule has 2 atom stereocenters. The standard InChI is InChI=1S/C16H21NO2/c1-16(19,14-10-6-3-7-11-14)12-17-15(18)13-8-4-2-5-9-13/h2-4,6-7,10-11,13,19H,5,8-9,12H2,1H3,(H,17,18). The first-order valence-electron chi connectivity index (χ1n) is 6.80. The van der Waals surface area contributed by atoms with Gasteiger partial charge in [-0.15, -0.1) is 0 Å². The van der Waals surface area contributed by atoms with Gasteiger partial charge in [0, 0.05) is 5.92 Å². The van der Waals surface area contributed by atoms with Crippen LogP contribution < -0.4 is 5.32 Å². The topological polar surface area (TPSA) is 49.3 Å². The molecule has 0 saturated heterocycles. The van der Waals surface area contributed by atoms with Crippen molar-refractivity contribution in [1.29, 1.82) is 0 Å². The molecule has 2 rings (SSSR count). The molecule has 3 nitrogen and oxygen atoms in total. The van der Waals surface area contributed by atoms with Gasteiger partial charge in [0.15, 0.2) is 0 Å². The van der Waals surface area contributed by atoms with Gasteiger partial charge in [0.1, 0.15) is 5.60 Å². The average Bonchev–Trinajstić information content (AvgIpc) is 2.47. The van der Waals surface area contributed by atoms with Crippen molar-refractivity contribution in [3.63, 3.8) is 0 Å². The van der Waals surface area contributed by atoms with Crippen LogP contribution in [0.4, 0.5) is 0 Å². The zero-order valence-corrected chi connectivity index (χ0v) is 11.3. The van der Waals surface area contributed by atoms with Crippen LogP contribution >= 0.6 is 0 Å². The van der Waals surface area contributed by atoms with E-state index in [9.17, 15) is 9.90 Å². The van der Waals surface area contributed by atoms with Crippen molar-refractivity contribution in [1.82, 2.24) is 5.32 Å². The molecule has 1 amide bonds. The monoisotopic (exact) mass is 259 g/mol. The molecule has 3 heteroatoms. The van der Waals surface area contributed by atoms with Crippen LogP contribution in [0.2, 0.25) is 0 Å². The molecular weight excluding hydrogens is 238 g/mol. The van der Waals surface area contributed by atoms with Crippen LogP contribution in [-0.4, -0.2) is 17.6 Å². The largest absolute Gasteiger partial charge is 0.384 e. The van der Waals surface area contributed by atoms with Crippen LogP contribution in [0.25, 0.3) is 0 Å². The number of rotatable bonds is 4. The van der Waals surface area contributed by atoms with Crippen LogP contribution in [0.3, 0.4) is 0 Å². The summed E-state index contributed by atoms with van der Waals surface area (Å²) in [5.74, 6) is 0.0946. The van der Waals surface area contributed by atoms with E-state index < -0.39 is 5.60 Å². The molecule has 1 aromatic carbocycles. The number of allylic oxidation sites excluding steroid dienone is 2. The number of benzene rings is 1. The molecule has 0 aliphatic heterocycles. The Hall–Kier alpha value is -1.61. The Morgan fingerprint density at radius 2 is 2.11 bits per heavy atom. The lowest BCUT2D eigenvalue weighted by atomic mass is 9.92. The molecule has 1 aliphatic carbocycles. The molecule has 1 aliphatic rings. The van der Waals surface area contributed by atoms with Crippen molar-refractivity contribution in [3.8, 4) is 0 Å². The van der Waals surface area contributed by atoms with E-state index in [4.69, 9.17) is 0 Å². The van der Waals surface area contributed by atoms with E-state index >= 15 is 0 Å². The van der Waals surface area contributed by atoms with E-state index in [1.54, 1.807) is 6.92 Å². The van der Waals surface area contributed by atoms with Crippen molar-refractivity contribution in [3.05, 3.63) is 48.0 Å². The molecule has 0 fully saturated rings. The summed E-state index contributed by atoms with van der Waals surface area (Å²) in [6.07, 6.45) is 6.84. The van der Waals surface area contributed by atoms with E-state index in [-0.39, 0.29) is 18.4 Å². The van der Waals surface area contributed by atoms with Gasteiger partial charge in [-0.1, -0.05) is 42.5 Å². The summed E-state index contributed by atoms with van der Waals surface area (Å²) in [6.45, 7) is 1.97. The Morgan fingerprint density at radius 3 is 2.74 bits per heavy atom. The second-order valence-corrected chi connectivity index (χ2v) is 5.34. The predicted octanol–water partition coefficient (Wildman–Crippen LogP) is 2.37. The van der Waals surface area contributed by atoms with E-state index in [2.05, 4.69) is 17.5 Å². The Kier molecular flexibility index (Phi) is 4.38. The minimum absolute atomic E-state index is 0.0422. The molecule has 0 radical (unpaired) electrons. The van der Waals surface area contributed by atoms with Crippen LogP contribution in [0.15, 0.2) is 42.5 Å². The highest BCUT2D eigenvalue weighted by molar-refractivity contribution is 5.79. The predicted molar refractivity (Wildman–Crippen MR) is 75.5 cm³/mol. The van der Waals surface area contributed by atoms with Crippen molar-refractivity contribution in [2.75, 3.05) is 6.54 Å². The molecule has 0 saturated carbocycles. The smallest absolute Gasteiger partial charge is 0.223 e. The first kappa shape index (κ1) is 13.8. The molecular formula is C16H21NO2. The second-order valence-electron chi connectivity index (χ2n) is 5.34. The van der Waals surface area contributed by atoms with E-state index in [0.29, 0.717) is 0 Å². The van der Waals surface area contributed by atoms with Gasteiger partial charge >= 0.3 is 0 Å². The summed E-state index contributed by atoms with van der Waals surface area (Å²) in [7, 11) is 0. The lowest BCUT2D eigenvalue weighted by molar-refractivity contribution is -0.126. The van der Waals surface area contributed by atoms with Crippen molar-refractivity contribution in [2.45, 2.75) is 31.8 Å². The van der Waals surface area contributed by atoms with Crippen LogP contribution in [0.5, 0.6) is 0 Å². The molecule has 2 unspecified atom stereocenters. The molecule has 0 spiro atoms. The van der Waals surface area contributed by atoms with Gasteiger partial charge in [0.25, 0.3) is 0 Å².